The SMILES string of the molecule is CCn1nc(C)c(-c2cnn(C3CCCC3)c2)c1C. The maximum atomic E-state index is 4.59. The molecule has 0 amide bonds. The van der Waals surface area contributed by atoms with Gasteiger partial charge in [0.2, 0.25) is 0 Å². The fraction of sp³-hybridized carbons (Fsp3) is 0.600. The zero-order valence-corrected chi connectivity index (χ0v) is 12.1. The van der Waals surface area contributed by atoms with E-state index in [4.69, 9.17) is 0 Å². The molecule has 3 rings (SSSR count). The Labute approximate surface area is 114 Å². The minimum atomic E-state index is 0.607. The number of nitrogens with zero attached hydrogens (tertiary/aromatic N) is 4. The maximum absolute atomic E-state index is 4.59. The molecule has 1 aliphatic rings. The van der Waals surface area contributed by atoms with Crippen molar-refractivity contribution in [2.45, 2.75) is 59.0 Å². The second-order valence-corrected chi connectivity index (χ2v) is 5.51. The summed E-state index contributed by atoms with van der Waals surface area (Å²) in [6.45, 7) is 7.28. The Hall–Kier alpha value is -1.58. The van der Waals surface area contributed by atoms with E-state index in [0.717, 1.165) is 12.2 Å². The molecule has 0 unspecified atom stereocenters. The Morgan fingerprint density at radius 2 is 2.00 bits per heavy atom. The second-order valence-electron chi connectivity index (χ2n) is 5.51. The van der Waals surface area contributed by atoms with Crippen LogP contribution in [0, 0.1) is 13.8 Å². The van der Waals surface area contributed by atoms with Crippen molar-refractivity contribution in [1.82, 2.24) is 19.6 Å². The quantitative estimate of drug-likeness (QED) is 0.844. The summed E-state index contributed by atoms with van der Waals surface area (Å²) >= 11 is 0. The summed E-state index contributed by atoms with van der Waals surface area (Å²) in [5, 5.41) is 9.16. The van der Waals surface area contributed by atoms with Crippen LogP contribution < -0.4 is 0 Å². The molecule has 1 aliphatic carbocycles. The molecule has 2 heterocycles. The van der Waals surface area contributed by atoms with E-state index >= 15 is 0 Å². The molecule has 1 saturated carbocycles. The highest BCUT2D eigenvalue weighted by molar-refractivity contribution is 5.67. The molecule has 0 N–H and O–H groups in total. The van der Waals surface area contributed by atoms with Crippen LogP contribution in [0.5, 0.6) is 0 Å². The number of hydrogen-bond acceptors (Lipinski definition) is 2. The zero-order valence-electron chi connectivity index (χ0n) is 12.1. The molecule has 2 aromatic heterocycles. The first-order chi connectivity index (χ1) is 9.20. The van der Waals surface area contributed by atoms with Gasteiger partial charge in [-0.2, -0.15) is 10.2 Å². The van der Waals surface area contributed by atoms with Gasteiger partial charge in [0.1, 0.15) is 0 Å². The summed E-state index contributed by atoms with van der Waals surface area (Å²) in [6.07, 6.45) is 9.42. The van der Waals surface area contributed by atoms with Crippen molar-refractivity contribution in [3.05, 3.63) is 23.8 Å². The fourth-order valence-corrected chi connectivity index (χ4v) is 3.26. The minimum absolute atomic E-state index is 0.607. The smallest absolute Gasteiger partial charge is 0.0676 e. The summed E-state index contributed by atoms with van der Waals surface area (Å²) in [5.41, 5.74) is 4.81. The molecule has 0 bridgehead atoms. The van der Waals surface area contributed by atoms with Crippen LogP contribution in [0.2, 0.25) is 0 Å². The molecule has 4 nitrogen and oxygen atoms in total. The van der Waals surface area contributed by atoms with E-state index in [1.807, 2.05) is 6.20 Å². The van der Waals surface area contributed by atoms with Crippen molar-refractivity contribution in [2.75, 3.05) is 0 Å². The Bertz CT molecular complexity index is 573. The van der Waals surface area contributed by atoms with E-state index in [1.165, 1.54) is 42.5 Å². The Kier molecular flexibility index (Phi) is 3.17. The third-order valence-electron chi connectivity index (χ3n) is 4.27. The van der Waals surface area contributed by atoms with E-state index < -0.39 is 0 Å². The van der Waals surface area contributed by atoms with E-state index in [-0.39, 0.29) is 0 Å². The first-order valence-electron chi connectivity index (χ1n) is 7.29. The van der Waals surface area contributed by atoms with Crippen molar-refractivity contribution in [1.29, 1.82) is 0 Å². The monoisotopic (exact) mass is 258 g/mol. The van der Waals surface area contributed by atoms with Gasteiger partial charge in [-0.1, -0.05) is 12.8 Å². The molecular formula is C15H22N4. The summed E-state index contributed by atoms with van der Waals surface area (Å²) in [4.78, 5) is 0. The Morgan fingerprint density at radius 3 is 2.63 bits per heavy atom. The summed E-state index contributed by atoms with van der Waals surface area (Å²) in [7, 11) is 0. The van der Waals surface area contributed by atoms with Gasteiger partial charge < -0.3 is 0 Å². The lowest BCUT2D eigenvalue weighted by atomic mass is 10.1. The van der Waals surface area contributed by atoms with E-state index in [1.54, 1.807) is 0 Å². The van der Waals surface area contributed by atoms with E-state index in [9.17, 15) is 0 Å². The number of hydrogen-bond donors (Lipinski definition) is 0. The van der Waals surface area contributed by atoms with Crippen molar-refractivity contribution in [3.63, 3.8) is 0 Å². The van der Waals surface area contributed by atoms with Crippen LogP contribution in [0.15, 0.2) is 12.4 Å². The molecular weight excluding hydrogens is 236 g/mol. The number of aromatic nitrogens is 4. The van der Waals surface area contributed by atoms with Crippen LogP contribution in [0.4, 0.5) is 0 Å². The van der Waals surface area contributed by atoms with Crippen LogP contribution in [-0.2, 0) is 6.54 Å². The normalized spacial score (nSPS) is 16.4. The molecule has 2 aromatic rings. The van der Waals surface area contributed by atoms with Gasteiger partial charge in [0, 0.05) is 29.6 Å². The summed E-state index contributed by atoms with van der Waals surface area (Å²) < 4.78 is 4.22. The van der Waals surface area contributed by atoms with E-state index in [2.05, 4.69) is 46.5 Å². The lowest BCUT2D eigenvalue weighted by Gasteiger charge is -2.08. The van der Waals surface area contributed by atoms with Crippen LogP contribution in [-0.4, -0.2) is 19.6 Å². The molecule has 102 valence electrons. The zero-order chi connectivity index (χ0) is 13.4. The lowest BCUT2D eigenvalue weighted by Crippen LogP contribution is -2.04. The molecule has 4 heteroatoms. The Balaban J connectivity index is 1.96. The van der Waals surface area contributed by atoms with Gasteiger partial charge in [-0.05, 0) is 33.6 Å². The third-order valence-corrected chi connectivity index (χ3v) is 4.27. The standard InChI is InChI=1S/C15H22N4/c1-4-18-12(3)15(11(2)17-18)13-9-16-19(10-13)14-7-5-6-8-14/h9-10,14H,4-8H2,1-3H3. The molecule has 1 fully saturated rings. The van der Waals surface area contributed by atoms with Gasteiger partial charge in [-0.15, -0.1) is 0 Å². The molecule has 19 heavy (non-hydrogen) atoms. The minimum Gasteiger partial charge on any atom is -0.269 e. The topological polar surface area (TPSA) is 35.6 Å². The third kappa shape index (κ3) is 2.09. The van der Waals surface area contributed by atoms with Gasteiger partial charge in [0.05, 0.1) is 17.9 Å². The van der Waals surface area contributed by atoms with Crippen molar-refractivity contribution in [2.24, 2.45) is 0 Å². The molecule has 0 spiro atoms. The van der Waals surface area contributed by atoms with Crippen molar-refractivity contribution in [3.8, 4) is 11.1 Å². The molecule has 0 aromatic carbocycles. The lowest BCUT2D eigenvalue weighted by molar-refractivity contribution is 0.467. The number of aryl methyl sites for hydroxylation is 2. The second kappa shape index (κ2) is 4.83. The van der Waals surface area contributed by atoms with Crippen LogP contribution >= 0.6 is 0 Å². The van der Waals surface area contributed by atoms with Crippen LogP contribution in [0.3, 0.4) is 0 Å². The average Bonchev–Trinajstić information content (AvgIpc) is 3.08. The fourth-order valence-electron chi connectivity index (χ4n) is 3.26. The predicted octanol–water partition coefficient (Wildman–Crippen LogP) is 3.50. The molecule has 0 aliphatic heterocycles. The summed E-state index contributed by atoms with van der Waals surface area (Å²) in [5.74, 6) is 0. The van der Waals surface area contributed by atoms with E-state index in [0.29, 0.717) is 6.04 Å². The van der Waals surface area contributed by atoms with Gasteiger partial charge in [0.25, 0.3) is 0 Å². The van der Waals surface area contributed by atoms with Crippen molar-refractivity contribution >= 4 is 0 Å². The van der Waals surface area contributed by atoms with Gasteiger partial charge in [0.15, 0.2) is 0 Å². The highest BCUT2D eigenvalue weighted by Crippen LogP contribution is 2.32. The summed E-state index contributed by atoms with van der Waals surface area (Å²) in [6, 6.07) is 0.607. The largest absolute Gasteiger partial charge is 0.269 e. The van der Waals surface area contributed by atoms with Gasteiger partial charge in [-0.3, -0.25) is 9.36 Å². The maximum Gasteiger partial charge on any atom is 0.0676 e. The average molecular weight is 258 g/mol. The Morgan fingerprint density at radius 1 is 1.26 bits per heavy atom. The van der Waals surface area contributed by atoms with Crippen molar-refractivity contribution < 1.29 is 0 Å². The first-order valence-corrected chi connectivity index (χ1v) is 7.29. The van der Waals surface area contributed by atoms with Gasteiger partial charge >= 0.3 is 0 Å². The molecule has 0 atom stereocenters. The molecule has 0 saturated heterocycles. The van der Waals surface area contributed by atoms with Crippen LogP contribution in [0.25, 0.3) is 11.1 Å². The highest BCUT2D eigenvalue weighted by Gasteiger charge is 2.19. The van der Waals surface area contributed by atoms with Gasteiger partial charge in [-0.25, -0.2) is 0 Å². The van der Waals surface area contributed by atoms with Crippen LogP contribution in [0.1, 0.15) is 50.0 Å². The predicted molar refractivity (Wildman–Crippen MR) is 76.1 cm³/mol. The first kappa shape index (κ1) is 12.5. The number of rotatable bonds is 3. The molecule has 0 radical (unpaired) electrons. The highest BCUT2D eigenvalue weighted by atomic mass is 15.3.